The number of nitrogens with one attached hydrogen (secondary N) is 1. The van der Waals surface area contributed by atoms with Gasteiger partial charge in [0.05, 0.1) is 23.0 Å². The number of imide groups is 1. The second-order valence-electron chi connectivity index (χ2n) is 7.62. The molecule has 2 aliphatic heterocycles. The molecule has 154 valence electrons. The largest absolute Gasteiger partial charge is 0.481 e. The summed E-state index contributed by atoms with van der Waals surface area (Å²) in [6.45, 7) is 11.7. The average molecular weight is 398 g/mol. The molecule has 0 radical (unpaired) electrons. The van der Waals surface area contributed by atoms with Gasteiger partial charge in [-0.2, -0.15) is 0 Å². The van der Waals surface area contributed by atoms with Gasteiger partial charge < -0.3 is 14.9 Å². The van der Waals surface area contributed by atoms with Crippen molar-refractivity contribution in [3.05, 3.63) is 35.5 Å². The number of likely N-dealkylation sites (tertiary alicyclic amines) is 1. The first-order valence-electron chi connectivity index (χ1n) is 9.61. The molecule has 1 fully saturated rings. The first kappa shape index (κ1) is 20.7. The fourth-order valence-electron chi connectivity index (χ4n) is 3.68. The van der Waals surface area contributed by atoms with Gasteiger partial charge in [0, 0.05) is 26.6 Å². The van der Waals surface area contributed by atoms with Crippen molar-refractivity contribution in [2.75, 3.05) is 31.1 Å². The molecule has 2 N–H and O–H groups in total. The molecule has 2 heterocycles. The molecule has 1 atom stereocenters. The zero-order chi connectivity index (χ0) is 21.3. The second-order valence-corrected chi connectivity index (χ2v) is 7.62. The fraction of sp³-hybridized carbons (Fsp3) is 0.429. The highest BCUT2D eigenvalue weighted by molar-refractivity contribution is 6.48. The average Bonchev–Trinajstić information content (AvgIpc) is 3.11. The number of nitrogens with zero attached hydrogens (tertiary/aromatic N) is 3. The number of benzene rings is 1. The Morgan fingerprint density at radius 2 is 1.93 bits per heavy atom. The molecule has 29 heavy (non-hydrogen) atoms. The van der Waals surface area contributed by atoms with Crippen LogP contribution in [-0.4, -0.2) is 59.7 Å². The molecule has 1 unspecified atom stereocenters. The van der Waals surface area contributed by atoms with Crippen LogP contribution in [0.15, 0.2) is 29.4 Å². The molecular weight excluding hydrogens is 372 g/mol. The maximum atomic E-state index is 12.5. The van der Waals surface area contributed by atoms with Gasteiger partial charge in [0.1, 0.15) is 0 Å². The van der Waals surface area contributed by atoms with Gasteiger partial charge >= 0.3 is 5.97 Å². The highest BCUT2D eigenvalue weighted by atomic mass is 16.4. The van der Waals surface area contributed by atoms with Crippen LogP contribution in [0.25, 0.3) is 0 Å². The third kappa shape index (κ3) is 4.37. The van der Waals surface area contributed by atoms with Crippen molar-refractivity contribution < 1.29 is 19.5 Å². The lowest BCUT2D eigenvalue weighted by atomic mass is 10.0. The first-order chi connectivity index (χ1) is 13.7. The van der Waals surface area contributed by atoms with Crippen molar-refractivity contribution in [2.24, 2.45) is 10.9 Å². The van der Waals surface area contributed by atoms with Gasteiger partial charge in [-0.1, -0.05) is 6.58 Å². The van der Waals surface area contributed by atoms with Gasteiger partial charge in [-0.25, -0.2) is 4.99 Å². The Morgan fingerprint density at radius 1 is 1.24 bits per heavy atom. The smallest absolute Gasteiger partial charge is 0.307 e. The van der Waals surface area contributed by atoms with E-state index in [1.165, 1.54) is 6.92 Å². The fourth-order valence-corrected chi connectivity index (χ4v) is 3.68. The Balaban J connectivity index is 1.86. The van der Waals surface area contributed by atoms with E-state index in [1.54, 1.807) is 0 Å². The van der Waals surface area contributed by atoms with Crippen LogP contribution in [-0.2, 0) is 14.4 Å². The van der Waals surface area contributed by atoms with Crippen LogP contribution < -0.4 is 10.2 Å². The number of rotatable bonds is 5. The van der Waals surface area contributed by atoms with Crippen molar-refractivity contribution in [3.63, 3.8) is 0 Å². The third-order valence-corrected chi connectivity index (χ3v) is 5.48. The van der Waals surface area contributed by atoms with E-state index >= 15 is 0 Å². The topological polar surface area (TPSA) is 102 Å². The number of hydrogen-bond donors (Lipinski definition) is 2. The van der Waals surface area contributed by atoms with Crippen LogP contribution in [0.5, 0.6) is 0 Å². The number of aryl methyl sites for hydroxylation is 2. The Kier molecular flexibility index (Phi) is 5.83. The molecule has 1 aromatic rings. The lowest BCUT2D eigenvalue weighted by Crippen LogP contribution is -2.43. The number of carbonyl (C=O) groups excluding carboxylic acids is 2. The monoisotopic (exact) mass is 398 g/mol. The molecule has 0 aromatic heterocycles. The molecule has 2 aliphatic rings. The van der Waals surface area contributed by atoms with Crippen molar-refractivity contribution in [3.8, 4) is 0 Å². The Labute approximate surface area is 169 Å². The first-order valence-corrected chi connectivity index (χ1v) is 9.61. The van der Waals surface area contributed by atoms with Gasteiger partial charge in [0.2, 0.25) is 5.91 Å². The van der Waals surface area contributed by atoms with Crippen molar-refractivity contribution >= 4 is 34.9 Å². The van der Waals surface area contributed by atoms with E-state index in [9.17, 15) is 19.5 Å². The molecule has 0 spiro atoms. The van der Waals surface area contributed by atoms with E-state index < -0.39 is 17.8 Å². The van der Waals surface area contributed by atoms with Crippen molar-refractivity contribution in [2.45, 2.75) is 27.2 Å². The number of anilines is 1. The molecule has 0 saturated carbocycles. The molecule has 8 nitrogen and oxygen atoms in total. The Morgan fingerprint density at radius 3 is 2.55 bits per heavy atom. The van der Waals surface area contributed by atoms with Crippen LogP contribution in [0, 0.1) is 19.8 Å². The van der Waals surface area contributed by atoms with E-state index in [0.717, 1.165) is 23.4 Å². The number of carbonyl (C=O) groups is 3. The highest BCUT2D eigenvalue weighted by Crippen LogP contribution is 2.38. The molecule has 0 aliphatic carbocycles. The number of aliphatic imine (C=N–C) groups is 1. The molecule has 3 rings (SSSR count). The van der Waals surface area contributed by atoms with Crippen molar-refractivity contribution in [1.29, 1.82) is 0 Å². The summed E-state index contributed by atoms with van der Waals surface area (Å²) in [5.74, 6) is -2.14. The second kappa shape index (κ2) is 8.16. The van der Waals surface area contributed by atoms with Crippen LogP contribution in [0.1, 0.15) is 24.5 Å². The lowest BCUT2D eigenvalue weighted by molar-refractivity contribution is -0.141. The number of hydrogen-bond acceptors (Lipinski definition) is 6. The van der Waals surface area contributed by atoms with E-state index in [-0.39, 0.29) is 11.6 Å². The maximum absolute atomic E-state index is 12.5. The van der Waals surface area contributed by atoms with Crippen molar-refractivity contribution in [1.82, 2.24) is 10.2 Å². The summed E-state index contributed by atoms with van der Waals surface area (Å²) in [6, 6.07) is 3.94. The van der Waals surface area contributed by atoms with Crippen LogP contribution in [0.4, 0.5) is 11.4 Å². The lowest BCUT2D eigenvalue weighted by Gasteiger charge is -2.33. The molecule has 8 heteroatoms. The molecule has 2 amide bonds. The summed E-state index contributed by atoms with van der Waals surface area (Å²) in [6.07, 6.45) is 0.638. The summed E-state index contributed by atoms with van der Waals surface area (Å²) in [5, 5.41) is 11.5. The predicted octanol–water partition coefficient (Wildman–Crippen LogP) is 1.78. The summed E-state index contributed by atoms with van der Waals surface area (Å²) < 4.78 is 0. The van der Waals surface area contributed by atoms with Gasteiger partial charge in [0.25, 0.3) is 5.91 Å². The Bertz CT molecular complexity index is 922. The summed E-state index contributed by atoms with van der Waals surface area (Å²) >= 11 is 0. The zero-order valence-corrected chi connectivity index (χ0v) is 17.0. The summed E-state index contributed by atoms with van der Waals surface area (Å²) in [5.41, 5.74) is 4.19. The molecule has 1 aromatic carbocycles. The van der Waals surface area contributed by atoms with Gasteiger partial charge in [0.15, 0.2) is 5.71 Å². The third-order valence-electron chi connectivity index (χ3n) is 5.48. The number of amides is 2. The van der Waals surface area contributed by atoms with E-state index in [0.29, 0.717) is 37.4 Å². The predicted molar refractivity (Wildman–Crippen MR) is 111 cm³/mol. The minimum atomic E-state index is -0.762. The van der Waals surface area contributed by atoms with Crippen LogP contribution in [0.2, 0.25) is 0 Å². The molecular formula is C21H26N4O4. The number of carboxylic acids is 1. The minimum absolute atomic E-state index is 0.112. The van der Waals surface area contributed by atoms with Gasteiger partial charge in [-0.3, -0.25) is 19.7 Å². The quantitative estimate of drug-likeness (QED) is 0.784. The Hall–Kier alpha value is -3.00. The van der Waals surface area contributed by atoms with Gasteiger partial charge in [-0.05, 0) is 50.1 Å². The normalized spacial score (nSPS) is 19.0. The standard InChI is InChI=1S/C21H26N4O4/c1-12-9-17-18(10-13(12)2)25(8-7-24-6-5-16(11-24)21(28)29)14(3)19(23-17)20(27)22-15(4)26/h9-10,16H,3,5-8,11H2,1-2,4H3,(H,28,29)(H,22,26,27). The maximum Gasteiger partial charge on any atom is 0.307 e. The van der Waals surface area contributed by atoms with E-state index in [1.807, 2.05) is 30.9 Å². The van der Waals surface area contributed by atoms with E-state index in [2.05, 4.69) is 21.8 Å². The number of carboxylic acid groups (broad SMARTS) is 1. The van der Waals surface area contributed by atoms with E-state index in [4.69, 9.17) is 0 Å². The number of fused-ring (bicyclic) bond motifs is 1. The zero-order valence-electron chi connectivity index (χ0n) is 17.0. The minimum Gasteiger partial charge on any atom is -0.481 e. The molecule has 1 saturated heterocycles. The number of aliphatic carboxylic acids is 1. The summed E-state index contributed by atoms with van der Waals surface area (Å²) in [4.78, 5) is 43.5. The highest BCUT2D eigenvalue weighted by Gasteiger charge is 2.31. The van der Waals surface area contributed by atoms with Crippen LogP contribution >= 0.6 is 0 Å². The van der Waals surface area contributed by atoms with Gasteiger partial charge in [-0.15, -0.1) is 0 Å². The summed E-state index contributed by atoms with van der Waals surface area (Å²) in [7, 11) is 0. The molecule has 0 bridgehead atoms. The van der Waals surface area contributed by atoms with Crippen LogP contribution in [0.3, 0.4) is 0 Å². The SMILES string of the molecule is C=C1C(C(=O)NC(C)=O)=Nc2cc(C)c(C)cc2N1CCN1CCC(C(=O)O)C1.